The average Bonchev–Trinajstić information content (AvgIpc) is 3.22. The molecule has 4 rings (SSSR count). The van der Waals surface area contributed by atoms with Crippen LogP contribution in [0.2, 0.25) is 25.7 Å². The van der Waals surface area contributed by atoms with E-state index in [9.17, 15) is 10.1 Å². The van der Waals surface area contributed by atoms with Crippen molar-refractivity contribution in [3.8, 4) is 0 Å². The predicted octanol–water partition coefficient (Wildman–Crippen LogP) is 7.49. The number of nitrogens with zero attached hydrogens (tertiary/aromatic N) is 3. The number of nitro benzene ring substituents is 1. The second-order valence-electron chi connectivity index (χ2n) is 9.99. The van der Waals surface area contributed by atoms with Crippen molar-refractivity contribution < 1.29 is 9.66 Å². The molecule has 36 heavy (non-hydrogen) atoms. The third-order valence-corrected chi connectivity index (χ3v) is 7.68. The van der Waals surface area contributed by atoms with Crippen LogP contribution in [0.4, 0.5) is 5.69 Å². The standard InChI is InChI=1S/C29H31N3O3Si/c1-22(24-11-8-12-26(19-24)32(33)34)25-14-15-27-28(16-13-23-9-6-5-7-10-23)30-31(29(27)20-25)21-35-17-18-36(2,3)4/h5-16,19-20H,1,17-18,21H2,2-4H3/b16-13+. The highest BCUT2D eigenvalue weighted by Gasteiger charge is 2.15. The van der Waals surface area contributed by atoms with Crippen molar-refractivity contribution in [1.82, 2.24) is 9.78 Å². The fourth-order valence-corrected chi connectivity index (χ4v) is 4.61. The quantitative estimate of drug-likeness (QED) is 0.0985. The zero-order chi connectivity index (χ0) is 25.7. The fourth-order valence-electron chi connectivity index (χ4n) is 3.85. The number of non-ortho nitro benzene ring substituents is 1. The first-order chi connectivity index (χ1) is 17.2. The van der Waals surface area contributed by atoms with Crippen molar-refractivity contribution in [1.29, 1.82) is 0 Å². The minimum Gasteiger partial charge on any atom is -0.360 e. The van der Waals surface area contributed by atoms with E-state index in [2.05, 4.69) is 38.4 Å². The minimum absolute atomic E-state index is 0.0453. The Morgan fingerprint density at radius 2 is 1.78 bits per heavy atom. The van der Waals surface area contributed by atoms with Crippen LogP contribution in [0.25, 0.3) is 28.6 Å². The SMILES string of the molecule is C=C(c1cccc([N+](=O)[O-])c1)c1ccc2c(/C=C/c3ccccc3)nn(COCC[Si](C)(C)C)c2c1. The highest BCUT2D eigenvalue weighted by atomic mass is 28.3. The van der Waals surface area contributed by atoms with Gasteiger partial charge in [-0.1, -0.05) is 80.8 Å². The molecule has 7 heteroatoms. The van der Waals surface area contributed by atoms with Gasteiger partial charge in [-0.2, -0.15) is 5.10 Å². The van der Waals surface area contributed by atoms with Gasteiger partial charge in [0.05, 0.1) is 16.1 Å². The summed E-state index contributed by atoms with van der Waals surface area (Å²) in [6, 6.07) is 23.8. The molecule has 1 heterocycles. The fraction of sp³-hybridized carbons (Fsp3) is 0.207. The summed E-state index contributed by atoms with van der Waals surface area (Å²) >= 11 is 0. The van der Waals surface area contributed by atoms with Gasteiger partial charge in [0.25, 0.3) is 5.69 Å². The van der Waals surface area contributed by atoms with Crippen LogP contribution in [0.3, 0.4) is 0 Å². The normalized spacial score (nSPS) is 11.9. The summed E-state index contributed by atoms with van der Waals surface area (Å²) in [5, 5.41) is 17.1. The van der Waals surface area contributed by atoms with Gasteiger partial charge in [-0.15, -0.1) is 0 Å². The van der Waals surface area contributed by atoms with Gasteiger partial charge >= 0.3 is 0 Å². The number of fused-ring (bicyclic) bond motifs is 1. The topological polar surface area (TPSA) is 70.2 Å². The van der Waals surface area contributed by atoms with Crippen molar-refractivity contribution >= 4 is 42.4 Å². The zero-order valence-corrected chi connectivity index (χ0v) is 22.0. The molecular weight excluding hydrogens is 466 g/mol. The first kappa shape index (κ1) is 25.3. The van der Waals surface area contributed by atoms with Crippen LogP contribution in [-0.4, -0.2) is 29.4 Å². The van der Waals surface area contributed by atoms with Crippen molar-refractivity contribution in [2.45, 2.75) is 32.4 Å². The smallest absolute Gasteiger partial charge is 0.270 e. The Balaban J connectivity index is 1.68. The summed E-state index contributed by atoms with van der Waals surface area (Å²) in [5.74, 6) is 0. The van der Waals surface area contributed by atoms with E-state index in [1.807, 2.05) is 59.3 Å². The highest BCUT2D eigenvalue weighted by molar-refractivity contribution is 6.76. The summed E-state index contributed by atoms with van der Waals surface area (Å²) < 4.78 is 7.90. The van der Waals surface area contributed by atoms with Gasteiger partial charge < -0.3 is 4.74 Å². The Morgan fingerprint density at radius 3 is 2.50 bits per heavy atom. The Morgan fingerprint density at radius 1 is 1.03 bits per heavy atom. The molecule has 0 N–H and O–H groups in total. The molecule has 0 aliphatic heterocycles. The first-order valence-corrected chi connectivity index (χ1v) is 15.7. The van der Waals surface area contributed by atoms with E-state index in [1.165, 1.54) is 6.07 Å². The van der Waals surface area contributed by atoms with Gasteiger partial charge in [0.1, 0.15) is 6.73 Å². The molecule has 0 radical (unpaired) electrons. The van der Waals surface area contributed by atoms with Crippen LogP contribution in [0.15, 0.2) is 79.4 Å². The van der Waals surface area contributed by atoms with Crippen molar-refractivity contribution in [2.75, 3.05) is 6.61 Å². The number of nitro groups is 1. The zero-order valence-electron chi connectivity index (χ0n) is 21.0. The third-order valence-electron chi connectivity index (χ3n) is 5.98. The lowest BCUT2D eigenvalue weighted by molar-refractivity contribution is -0.384. The molecular formula is C29H31N3O3Si. The van der Waals surface area contributed by atoms with Crippen LogP contribution in [0.5, 0.6) is 0 Å². The number of hydrogen-bond donors (Lipinski definition) is 0. The number of hydrogen-bond acceptors (Lipinski definition) is 4. The summed E-state index contributed by atoms with van der Waals surface area (Å²) in [7, 11) is -1.19. The number of benzene rings is 3. The molecule has 4 aromatic rings. The molecule has 1 aromatic heterocycles. The molecule has 0 unspecified atom stereocenters. The number of ether oxygens (including phenoxy) is 1. The van der Waals surface area contributed by atoms with Crippen molar-refractivity contribution in [3.05, 3.63) is 112 Å². The monoisotopic (exact) mass is 497 g/mol. The molecule has 0 bridgehead atoms. The second-order valence-corrected chi connectivity index (χ2v) is 15.6. The third kappa shape index (κ3) is 6.24. The average molecular weight is 498 g/mol. The molecule has 0 aliphatic carbocycles. The van der Waals surface area contributed by atoms with E-state index in [-0.39, 0.29) is 5.69 Å². The molecule has 0 spiro atoms. The second kappa shape index (κ2) is 10.8. The molecule has 0 amide bonds. The summed E-state index contributed by atoms with van der Waals surface area (Å²) in [6.45, 7) is 12.3. The minimum atomic E-state index is -1.19. The maximum Gasteiger partial charge on any atom is 0.270 e. The molecule has 6 nitrogen and oxygen atoms in total. The van der Waals surface area contributed by atoms with E-state index >= 15 is 0 Å². The largest absolute Gasteiger partial charge is 0.360 e. The van der Waals surface area contributed by atoms with Gasteiger partial charge in [-0.05, 0) is 46.5 Å². The van der Waals surface area contributed by atoms with Gasteiger partial charge in [0, 0.05) is 32.2 Å². The van der Waals surface area contributed by atoms with Gasteiger partial charge in [-0.25, -0.2) is 4.68 Å². The van der Waals surface area contributed by atoms with Crippen LogP contribution >= 0.6 is 0 Å². The lowest BCUT2D eigenvalue weighted by Gasteiger charge is -2.15. The molecule has 3 aromatic carbocycles. The van der Waals surface area contributed by atoms with Gasteiger partial charge in [0.15, 0.2) is 0 Å². The highest BCUT2D eigenvalue weighted by Crippen LogP contribution is 2.29. The number of rotatable bonds is 10. The Hall–Kier alpha value is -3.81. The van der Waals surface area contributed by atoms with Crippen LogP contribution < -0.4 is 0 Å². The van der Waals surface area contributed by atoms with Crippen molar-refractivity contribution in [2.24, 2.45) is 0 Å². The molecule has 0 saturated heterocycles. The summed E-state index contributed by atoms with van der Waals surface area (Å²) in [6.07, 6.45) is 4.07. The van der Waals surface area contributed by atoms with Crippen LogP contribution in [0.1, 0.15) is 22.4 Å². The van der Waals surface area contributed by atoms with E-state index in [4.69, 9.17) is 9.84 Å². The lowest BCUT2D eigenvalue weighted by atomic mass is 9.98. The Labute approximate surface area is 212 Å². The van der Waals surface area contributed by atoms with Crippen LogP contribution in [-0.2, 0) is 11.5 Å². The molecule has 0 atom stereocenters. The van der Waals surface area contributed by atoms with E-state index in [0.717, 1.165) is 39.3 Å². The first-order valence-electron chi connectivity index (χ1n) is 12.0. The molecule has 184 valence electrons. The predicted molar refractivity (Wildman–Crippen MR) is 150 cm³/mol. The molecule has 0 saturated carbocycles. The van der Waals surface area contributed by atoms with E-state index < -0.39 is 13.0 Å². The van der Waals surface area contributed by atoms with Crippen molar-refractivity contribution in [3.63, 3.8) is 0 Å². The molecule has 0 aliphatic rings. The van der Waals surface area contributed by atoms with Gasteiger partial charge in [-0.3, -0.25) is 10.1 Å². The van der Waals surface area contributed by atoms with E-state index in [1.54, 1.807) is 12.1 Å². The van der Waals surface area contributed by atoms with Gasteiger partial charge in [0.2, 0.25) is 0 Å². The molecule has 0 fully saturated rings. The summed E-state index contributed by atoms with van der Waals surface area (Å²) in [4.78, 5) is 10.8. The van der Waals surface area contributed by atoms with Crippen LogP contribution in [0, 0.1) is 10.1 Å². The Bertz CT molecular complexity index is 1420. The maximum atomic E-state index is 11.2. The maximum absolute atomic E-state index is 11.2. The number of aromatic nitrogens is 2. The lowest BCUT2D eigenvalue weighted by Crippen LogP contribution is -2.22. The summed E-state index contributed by atoms with van der Waals surface area (Å²) in [5.41, 5.74) is 5.24. The van der Waals surface area contributed by atoms with E-state index in [0.29, 0.717) is 18.9 Å². The Kier molecular flexibility index (Phi) is 7.62.